The Morgan fingerprint density at radius 1 is 1.17 bits per heavy atom. The molecule has 5 heteroatoms. The molecule has 5 nitrogen and oxygen atoms in total. The summed E-state index contributed by atoms with van der Waals surface area (Å²) in [5.74, 6) is 1.16. The maximum absolute atomic E-state index is 12.4. The molecule has 1 aliphatic carbocycles. The zero-order chi connectivity index (χ0) is 16.5. The van der Waals surface area contributed by atoms with Crippen LogP contribution in [0.3, 0.4) is 0 Å². The van der Waals surface area contributed by atoms with E-state index in [4.69, 9.17) is 4.74 Å². The molecule has 1 N–H and O–H groups in total. The van der Waals surface area contributed by atoms with E-state index < -0.39 is 0 Å². The normalized spacial score (nSPS) is 29.2. The number of nitrogens with one attached hydrogen (secondary N) is 1. The van der Waals surface area contributed by atoms with Crippen LogP contribution in [-0.4, -0.2) is 49.1 Å². The number of nitrogens with zero attached hydrogens (tertiary/aromatic N) is 1. The van der Waals surface area contributed by atoms with Gasteiger partial charge in [0.1, 0.15) is 0 Å². The first-order valence-electron chi connectivity index (χ1n) is 8.96. The van der Waals surface area contributed by atoms with Crippen LogP contribution in [0.5, 0.6) is 0 Å². The highest BCUT2D eigenvalue weighted by Gasteiger charge is 2.46. The van der Waals surface area contributed by atoms with Crippen molar-refractivity contribution in [1.29, 1.82) is 0 Å². The van der Waals surface area contributed by atoms with Crippen molar-refractivity contribution >= 4 is 11.8 Å². The molecule has 1 aromatic rings. The molecule has 0 bridgehead atoms. The zero-order valence-electron chi connectivity index (χ0n) is 13.8. The first kappa shape index (κ1) is 15.6. The molecule has 0 unspecified atom stereocenters. The van der Waals surface area contributed by atoms with Gasteiger partial charge in [0, 0.05) is 43.0 Å². The lowest BCUT2D eigenvalue weighted by Gasteiger charge is -2.29. The molecule has 128 valence electrons. The van der Waals surface area contributed by atoms with Gasteiger partial charge >= 0.3 is 0 Å². The van der Waals surface area contributed by atoms with E-state index in [0.29, 0.717) is 36.5 Å². The van der Waals surface area contributed by atoms with Crippen LogP contribution >= 0.6 is 0 Å². The maximum atomic E-state index is 12.4. The van der Waals surface area contributed by atoms with Gasteiger partial charge in [-0.1, -0.05) is 24.6 Å². The number of hydrogen-bond acceptors (Lipinski definition) is 3. The Balaban J connectivity index is 1.31. The topological polar surface area (TPSA) is 58.6 Å². The second kappa shape index (κ2) is 6.55. The predicted molar refractivity (Wildman–Crippen MR) is 89.4 cm³/mol. The van der Waals surface area contributed by atoms with Gasteiger partial charge in [0.2, 0.25) is 5.91 Å². The van der Waals surface area contributed by atoms with Crippen LogP contribution in [0.1, 0.15) is 29.6 Å². The molecular formula is C19H24N2O3. The minimum Gasteiger partial charge on any atom is -0.376 e. The molecule has 3 aliphatic rings. The van der Waals surface area contributed by atoms with E-state index in [1.807, 2.05) is 35.2 Å². The summed E-state index contributed by atoms with van der Waals surface area (Å²) < 4.78 is 5.89. The highest BCUT2D eigenvalue weighted by molar-refractivity contribution is 5.94. The summed E-state index contributed by atoms with van der Waals surface area (Å²) in [4.78, 5) is 26.6. The van der Waals surface area contributed by atoms with Gasteiger partial charge in [-0.15, -0.1) is 0 Å². The van der Waals surface area contributed by atoms with Crippen molar-refractivity contribution in [3.8, 4) is 0 Å². The Morgan fingerprint density at radius 3 is 2.67 bits per heavy atom. The second-order valence-electron chi connectivity index (χ2n) is 7.24. The fourth-order valence-corrected chi connectivity index (χ4v) is 4.02. The monoisotopic (exact) mass is 328 g/mol. The number of fused-ring (bicyclic) bond motifs is 1. The van der Waals surface area contributed by atoms with Crippen molar-refractivity contribution in [1.82, 2.24) is 10.2 Å². The smallest absolute Gasteiger partial charge is 0.251 e. The third kappa shape index (κ3) is 2.93. The van der Waals surface area contributed by atoms with Gasteiger partial charge in [-0.05, 0) is 25.0 Å². The molecule has 2 heterocycles. The first-order chi connectivity index (χ1) is 11.7. The highest BCUT2D eigenvalue weighted by Crippen LogP contribution is 2.36. The third-order valence-electron chi connectivity index (χ3n) is 5.77. The molecular weight excluding hydrogens is 304 g/mol. The molecule has 2 saturated heterocycles. The van der Waals surface area contributed by atoms with Gasteiger partial charge in [-0.3, -0.25) is 9.59 Å². The van der Waals surface area contributed by atoms with Crippen LogP contribution in [-0.2, 0) is 9.53 Å². The summed E-state index contributed by atoms with van der Waals surface area (Å²) in [6, 6.07) is 9.27. The number of carbonyl (C=O) groups excluding carboxylic acids is 2. The number of hydrogen-bond donors (Lipinski definition) is 1. The van der Waals surface area contributed by atoms with Crippen LogP contribution in [0.15, 0.2) is 30.3 Å². The fraction of sp³-hybridized carbons (Fsp3) is 0.579. The summed E-state index contributed by atoms with van der Waals surface area (Å²) in [6.45, 7) is 2.80. The zero-order valence-corrected chi connectivity index (χ0v) is 13.8. The summed E-state index contributed by atoms with van der Waals surface area (Å²) in [5, 5.41) is 3.02. The molecule has 2 aliphatic heterocycles. The van der Waals surface area contributed by atoms with Crippen molar-refractivity contribution in [3.05, 3.63) is 35.9 Å². The van der Waals surface area contributed by atoms with Gasteiger partial charge in [0.15, 0.2) is 0 Å². The van der Waals surface area contributed by atoms with E-state index >= 15 is 0 Å². The lowest BCUT2D eigenvalue weighted by molar-refractivity contribution is -0.137. The molecule has 24 heavy (non-hydrogen) atoms. The molecule has 0 aromatic heterocycles. The number of carbonyl (C=O) groups is 2. The Hall–Kier alpha value is -1.88. The molecule has 3 atom stereocenters. The van der Waals surface area contributed by atoms with Gasteiger partial charge in [-0.25, -0.2) is 0 Å². The van der Waals surface area contributed by atoms with E-state index in [1.54, 1.807) is 0 Å². The van der Waals surface area contributed by atoms with Gasteiger partial charge < -0.3 is 15.0 Å². The minimum atomic E-state index is -0.0422. The molecule has 2 amide bonds. The summed E-state index contributed by atoms with van der Waals surface area (Å²) >= 11 is 0. The molecule has 0 spiro atoms. The van der Waals surface area contributed by atoms with Crippen LogP contribution in [0.2, 0.25) is 0 Å². The summed E-state index contributed by atoms with van der Waals surface area (Å²) in [6.07, 6.45) is 3.42. The van der Waals surface area contributed by atoms with E-state index in [0.717, 1.165) is 25.9 Å². The van der Waals surface area contributed by atoms with Crippen molar-refractivity contribution in [2.24, 2.45) is 17.8 Å². The van der Waals surface area contributed by atoms with Crippen molar-refractivity contribution < 1.29 is 14.3 Å². The lowest BCUT2D eigenvalue weighted by atomic mass is 9.84. The molecule has 4 rings (SSSR count). The number of rotatable bonds is 4. The quantitative estimate of drug-likeness (QED) is 0.915. The number of benzene rings is 1. The van der Waals surface area contributed by atoms with Gasteiger partial charge in [-0.2, -0.15) is 0 Å². The number of likely N-dealkylation sites (tertiary alicyclic amines) is 1. The van der Waals surface area contributed by atoms with Crippen molar-refractivity contribution in [2.75, 3.05) is 26.2 Å². The summed E-state index contributed by atoms with van der Waals surface area (Å²) in [7, 11) is 0. The van der Waals surface area contributed by atoms with E-state index in [1.165, 1.54) is 6.42 Å². The van der Waals surface area contributed by atoms with Crippen LogP contribution < -0.4 is 5.32 Å². The van der Waals surface area contributed by atoms with Gasteiger partial charge in [0.05, 0.1) is 12.7 Å². The number of amides is 2. The largest absolute Gasteiger partial charge is 0.376 e. The van der Waals surface area contributed by atoms with Gasteiger partial charge in [0.25, 0.3) is 5.91 Å². The fourth-order valence-electron chi connectivity index (χ4n) is 4.02. The average Bonchev–Trinajstić information content (AvgIpc) is 3.12. The Morgan fingerprint density at radius 2 is 1.96 bits per heavy atom. The molecule has 3 fully saturated rings. The molecule has 1 aromatic carbocycles. The van der Waals surface area contributed by atoms with E-state index in [2.05, 4.69) is 5.32 Å². The SMILES string of the molecule is O=C(NC[C@@H]1CO[C@@H]2CN(C(=O)C3CCC3)C[C@H]12)c1ccccc1. The minimum absolute atomic E-state index is 0.0422. The van der Waals surface area contributed by atoms with Crippen LogP contribution in [0, 0.1) is 17.8 Å². The highest BCUT2D eigenvalue weighted by atomic mass is 16.5. The maximum Gasteiger partial charge on any atom is 0.251 e. The predicted octanol–water partition coefficient (Wildman–Crippen LogP) is 1.69. The molecule has 0 radical (unpaired) electrons. The summed E-state index contributed by atoms with van der Waals surface area (Å²) in [5.41, 5.74) is 0.682. The Bertz CT molecular complexity index is 614. The average molecular weight is 328 g/mol. The lowest BCUT2D eigenvalue weighted by Crippen LogP contribution is -2.39. The Kier molecular flexibility index (Phi) is 4.27. The molecule has 1 saturated carbocycles. The number of ether oxygens (including phenoxy) is 1. The second-order valence-corrected chi connectivity index (χ2v) is 7.24. The van der Waals surface area contributed by atoms with Crippen molar-refractivity contribution in [2.45, 2.75) is 25.4 Å². The van der Waals surface area contributed by atoms with Crippen LogP contribution in [0.25, 0.3) is 0 Å². The van der Waals surface area contributed by atoms with E-state index in [9.17, 15) is 9.59 Å². The van der Waals surface area contributed by atoms with Crippen molar-refractivity contribution in [3.63, 3.8) is 0 Å². The standard InChI is InChI=1S/C19H24N2O3/c22-18(13-5-2-1-3-6-13)20-9-15-12-24-17-11-21(10-16(15)17)19(23)14-7-4-8-14/h1-3,5-6,14-17H,4,7-12H2,(H,20,22)/t15-,16-,17-/m1/s1. The first-order valence-corrected chi connectivity index (χ1v) is 8.96. The third-order valence-corrected chi connectivity index (χ3v) is 5.77. The van der Waals surface area contributed by atoms with E-state index in [-0.39, 0.29) is 17.9 Å². The van der Waals surface area contributed by atoms with Crippen LogP contribution in [0.4, 0.5) is 0 Å². The Labute approximate surface area is 142 Å².